The fourth-order valence-electron chi connectivity index (χ4n) is 3.25. The number of hydrogen-bond acceptors (Lipinski definition) is 5. The molecule has 0 aliphatic heterocycles. The Morgan fingerprint density at radius 1 is 0.875 bits per heavy atom. The molecule has 0 spiro atoms. The quantitative estimate of drug-likeness (QED) is 0.295. The molecule has 0 saturated carbocycles. The zero-order chi connectivity index (χ0) is 23.1. The van der Waals surface area contributed by atoms with E-state index in [-0.39, 0.29) is 22.9 Å². The molecule has 4 rings (SSSR count). The van der Waals surface area contributed by atoms with Gasteiger partial charge in [0.2, 0.25) is 5.88 Å². The zero-order valence-corrected chi connectivity index (χ0v) is 18.1. The fourth-order valence-corrected chi connectivity index (χ4v) is 4.46. The first-order chi connectivity index (χ1) is 15.0. The molecule has 0 fully saturated rings. The van der Waals surface area contributed by atoms with Gasteiger partial charge in [0.1, 0.15) is 17.0 Å². The monoisotopic (exact) mass is 462 g/mol. The molecule has 2 aromatic heterocycles. The average Bonchev–Trinajstić information content (AvgIpc) is 3.10. The van der Waals surface area contributed by atoms with E-state index in [4.69, 9.17) is 4.74 Å². The molecule has 0 aliphatic carbocycles. The van der Waals surface area contributed by atoms with Crippen LogP contribution in [0.15, 0.2) is 54.9 Å². The van der Waals surface area contributed by atoms with Crippen molar-refractivity contribution in [3.8, 4) is 28.5 Å². The number of fused-ring (bicyclic) bond motifs is 1. The molecule has 0 aliphatic rings. The number of alkyl halides is 3. The largest absolute Gasteiger partial charge is 0.573 e. The molecule has 0 N–H and O–H groups in total. The van der Waals surface area contributed by atoms with Crippen LogP contribution in [-0.4, -0.2) is 16.3 Å². The van der Waals surface area contributed by atoms with Gasteiger partial charge in [-0.05, 0) is 35.2 Å². The van der Waals surface area contributed by atoms with Crippen LogP contribution >= 0.6 is 11.3 Å². The van der Waals surface area contributed by atoms with Crippen LogP contribution in [-0.2, 0) is 5.41 Å². The topological polar surface area (TPSA) is 44.2 Å². The zero-order valence-electron chi connectivity index (χ0n) is 17.3. The third kappa shape index (κ3) is 4.52. The van der Waals surface area contributed by atoms with E-state index < -0.39 is 12.1 Å². The Hall–Kier alpha value is -3.20. The van der Waals surface area contributed by atoms with Gasteiger partial charge in [-0.25, -0.2) is 14.4 Å². The second-order valence-corrected chi connectivity index (χ2v) is 9.02. The van der Waals surface area contributed by atoms with E-state index in [1.165, 1.54) is 48.0 Å². The van der Waals surface area contributed by atoms with Crippen molar-refractivity contribution in [3.05, 3.63) is 65.6 Å². The highest BCUT2D eigenvalue weighted by Crippen LogP contribution is 2.47. The summed E-state index contributed by atoms with van der Waals surface area (Å²) in [7, 11) is 0. The van der Waals surface area contributed by atoms with Gasteiger partial charge in [0.25, 0.3) is 0 Å². The summed E-state index contributed by atoms with van der Waals surface area (Å²) >= 11 is 1.43. The van der Waals surface area contributed by atoms with E-state index in [1.54, 1.807) is 12.1 Å². The number of thiophene rings is 1. The van der Waals surface area contributed by atoms with E-state index in [2.05, 4.69) is 14.7 Å². The lowest BCUT2D eigenvalue weighted by atomic mass is 9.88. The summed E-state index contributed by atoms with van der Waals surface area (Å²) in [6.45, 7) is 6.10. The van der Waals surface area contributed by atoms with Gasteiger partial charge >= 0.3 is 6.36 Å². The van der Waals surface area contributed by atoms with Gasteiger partial charge in [-0.2, -0.15) is 0 Å². The number of benzene rings is 2. The first-order valence-electron chi connectivity index (χ1n) is 9.59. The third-order valence-corrected chi connectivity index (χ3v) is 6.07. The first kappa shape index (κ1) is 22.0. The Morgan fingerprint density at radius 3 is 2.16 bits per heavy atom. The number of nitrogens with zero attached hydrogens (tertiary/aromatic N) is 2. The van der Waals surface area contributed by atoms with Gasteiger partial charge in [0.15, 0.2) is 11.5 Å². The van der Waals surface area contributed by atoms with E-state index in [9.17, 15) is 17.6 Å². The molecular formula is C23H18F4N2O2S. The molecule has 166 valence electrons. The maximum absolute atomic E-state index is 13.6. The van der Waals surface area contributed by atoms with Gasteiger partial charge < -0.3 is 9.47 Å². The highest BCUT2D eigenvalue weighted by atomic mass is 32.1. The molecule has 0 amide bonds. The molecule has 32 heavy (non-hydrogen) atoms. The summed E-state index contributed by atoms with van der Waals surface area (Å²) in [4.78, 5) is 10.1. The van der Waals surface area contributed by atoms with Crippen LogP contribution in [0.4, 0.5) is 17.6 Å². The van der Waals surface area contributed by atoms with Crippen LogP contribution in [0.1, 0.15) is 25.6 Å². The van der Waals surface area contributed by atoms with Crippen molar-refractivity contribution in [2.24, 2.45) is 0 Å². The summed E-state index contributed by atoms with van der Waals surface area (Å²) in [6.07, 6.45) is -3.58. The van der Waals surface area contributed by atoms with Crippen LogP contribution in [0, 0.1) is 5.82 Å². The van der Waals surface area contributed by atoms with Crippen molar-refractivity contribution in [1.29, 1.82) is 0 Å². The average molecular weight is 462 g/mol. The molecule has 0 radical (unpaired) electrons. The van der Waals surface area contributed by atoms with Gasteiger partial charge in [0, 0.05) is 10.4 Å². The minimum atomic E-state index is -4.87. The third-order valence-electron chi connectivity index (χ3n) is 4.55. The van der Waals surface area contributed by atoms with Crippen LogP contribution in [0.25, 0.3) is 21.3 Å². The lowest BCUT2D eigenvalue weighted by Crippen LogP contribution is -2.17. The van der Waals surface area contributed by atoms with Gasteiger partial charge in [-0.1, -0.05) is 45.0 Å². The van der Waals surface area contributed by atoms with Crippen molar-refractivity contribution < 1.29 is 27.0 Å². The lowest BCUT2D eigenvalue weighted by Gasteiger charge is -2.19. The number of aromatic nitrogens is 2. The summed E-state index contributed by atoms with van der Waals surface area (Å²) in [5.41, 5.74) is 1.19. The maximum Gasteiger partial charge on any atom is 0.573 e. The molecule has 0 bridgehead atoms. The van der Waals surface area contributed by atoms with Crippen LogP contribution < -0.4 is 9.47 Å². The van der Waals surface area contributed by atoms with Crippen molar-refractivity contribution in [2.75, 3.05) is 0 Å². The smallest absolute Gasteiger partial charge is 0.434 e. The molecule has 2 heterocycles. The van der Waals surface area contributed by atoms with E-state index in [1.807, 2.05) is 20.8 Å². The Bertz CT molecular complexity index is 1260. The van der Waals surface area contributed by atoms with Gasteiger partial charge in [-0.15, -0.1) is 24.5 Å². The molecule has 0 saturated heterocycles. The SMILES string of the molecule is CC(C)(C)c1sc2ncnc(Oc3ccccc3OC(F)(F)F)c2c1-c1ccc(F)cc1. The summed E-state index contributed by atoms with van der Waals surface area (Å²) in [5.74, 6) is -0.921. The van der Waals surface area contributed by atoms with Crippen LogP contribution in [0.5, 0.6) is 17.4 Å². The molecule has 2 aromatic carbocycles. The maximum atomic E-state index is 13.6. The van der Waals surface area contributed by atoms with Crippen molar-refractivity contribution in [1.82, 2.24) is 9.97 Å². The summed E-state index contributed by atoms with van der Waals surface area (Å²) in [5, 5.41) is 0.538. The number of para-hydroxylation sites is 2. The summed E-state index contributed by atoms with van der Waals surface area (Å²) in [6, 6.07) is 11.5. The van der Waals surface area contributed by atoms with E-state index >= 15 is 0 Å². The Kier molecular flexibility index (Phi) is 5.54. The Labute approximate surface area is 185 Å². The van der Waals surface area contributed by atoms with Crippen molar-refractivity contribution >= 4 is 21.6 Å². The molecule has 4 nitrogen and oxygen atoms in total. The second-order valence-electron chi connectivity index (χ2n) is 8.02. The lowest BCUT2D eigenvalue weighted by molar-refractivity contribution is -0.275. The standard InChI is InChI=1S/C23H18F4N2O2S/c1-22(2,3)19-17(13-8-10-14(24)11-9-13)18-20(28-12-29-21(18)32-19)30-15-6-4-5-7-16(15)31-23(25,26)27/h4-12H,1-3H3. The van der Waals surface area contributed by atoms with Crippen molar-refractivity contribution in [2.45, 2.75) is 32.5 Å². The molecule has 0 unspecified atom stereocenters. The number of hydrogen-bond donors (Lipinski definition) is 0. The minimum Gasteiger partial charge on any atom is -0.434 e. The second kappa shape index (κ2) is 8.05. The van der Waals surface area contributed by atoms with Gasteiger partial charge in [-0.3, -0.25) is 0 Å². The van der Waals surface area contributed by atoms with Gasteiger partial charge in [0.05, 0.1) is 5.39 Å². The number of ether oxygens (including phenoxy) is 2. The van der Waals surface area contributed by atoms with Crippen LogP contribution in [0.3, 0.4) is 0 Å². The Morgan fingerprint density at radius 2 is 1.53 bits per heavy atom. The predicted octanol–water partition coefficient (Wildman–Crippen LogP) is 7.49. The molecule has 4 aromatic rings. The Balaban J connectivity index is 1.91. The molecular weight excluding hydrogens is 444 g/mol. The normalized spacial score (nSPS) is 12.2. The first-order valence-corrected chi connectivity index (χ1v) is 10.4. The predicted molar refractivity (Wildman–Crippen MR) is 115 cm³/mol. The molecule has 9 heteroatoms. The fraction of sp³-hybridized carbons (Fsp3) is 0.217. The van der Waals surface area contributed by atoms with Crippen LogP contribution in [0.2, 0.25) is 0 Å². The highest BCUT2D eigenvalue weighted by molar-refractivity contribution is 7.19. The molecule has 0 atom stereocenters. The van der Waals surface area contributed by atoms with E-state index in [0.29, 0.717) is 10.2 Å². The number of rotatable bonds is 4. The summed E-state index contributed by atoms with van der Waals surface area (Å²) < 4.78 is 62.0. The minimum absolute atomic E-state index is 0.0827. The van der Waals surface area contributed by atoms with Crippen molar-refractivity contribution in [3.63, 3.8) is 0 Å². The highest BCUT2D eigenvalue weighted by Gasteiger charge is 2.33. The number of halogens is 4. The van der Waals surface area contributed by atoms with E-state index in [0.717, 1.165) is 22.1 Å².